The van der Waals surface area contributed by atoms with Crippen LogP contribution >= 0.6 is 0 Å². The van der Waals surface area contributed by atoms with Crippen LogP contribution in [0.3, 0.4) is 0 Å². The summed E-state index contributed by atoms with van der Waals surface area (Å²) in [6, 6.07) is 0. The molecule has 1 saturated heterocycles. The standard InChI is InChI=1S/C6H9NO/c1-6-3-2-4(6)5(8)7-6/h4H,2-3H2,1H3,(H,7,8). The minimum absolute atomic E-state index is 0.233. The van der Waals surface area contributed by atoms with Crippen LogP contribution in [-0.2, 0) is 4.79 Å². The van der Waals surface area contributed by atoms with E-state index in [0.29, 0.717) is 5.92 Å². The molecule has 1 saturated carbocycles. The number of β-lactam (4-membered cyclic amide) rings is 1. The second-order valence-electron chi connectivity index (χ2n) is 3.00. The van der Waals surface area contributed by atoms with E-state index >= 15 is 0 Å². The van der Waals surface area contributed by atoms with Crippen molar-refractivity contribution >= 4 is 5.91 Å². The molecule has 8 heavy (non-hydrogen) atoms. The highest BCUT2D eigenvalue weighted by Gasteiger charge is 2.56. The van der Waals surface area contributed by atoms with Gasteiger partial charge in [0.05, 0.1) is 5.92 Å². The number of hydrogen-bond donors (Lipinski definition) is 1. The summed E-state index contributed by atoms with van der Waals surface area (Å²) < 4.78 is 0. The fourth-order valence-corrected chi connectivity index (χ4v) is 1.58. The number of piperidine rings is 1. The molecule has 1 aliphatic heterocycles. The minimum atomic E-state index is 0.233. The third kappa shape index (κ3) is 0.261. The van der Waals surface area contributed by atoms with Gasteiger partial charge in [0.1, 0.15) is 0 Å². The average molecular weight is 111 g/mol. The molecule has 2 aliphatic rings. The molecule has 0 radical (unpaired) electrons. The van der Waals surface area contributed by atoms with Crippen molar-refractivity contribution < 1.29 is 4.79 Å². The van der Waals surface area contributed by atoms with Gasteiger partial charge >= 0.3 is 0 Å². The molecule has 0 bridgehead atoms. The van der Waals surface area contributed by atoms with Gasteiger partial charge in [-0.05, 0) is 19.8 Å². The first kappa shape index (κ1) is 4.36. The van der Waals surface area contributed by atoms with Gasteiger partial charge in [0, 0.05) is 5.54 Å². The molecule has 2 unspecified atom stereocenters. The summed E-state index contributed by atoms with van der Waals surface area (Å²) in [5.74, 6) is 0.640. The molecule has 0 spiro atoms. The molecular weight excluding hydrogens is 102 g/mol. The maximum atomic E-state index is 10.6. The maximum Gasteiger partial charge on any atom is 0.225 e. The normalized spacial score (nSPS) is 50.6. The van der Waals surface area contributed by atoms with E-state index in [-0.39, 0.29) is 11.4 Å². The molecule has 1 aliphatic carbocycles. The fourth-order valence-electron chi connectivity index (χ4n) is 1.58. The van der Waals surface area contributed by atoms with Crippen LogP contribution in [0.15, 0.2) is 0 Å². The lowest BCUT2D eigenvalue weighted by atomic mass is 9.61. The maximum absolute atomic E-state index is 10.6. The van der Waals surface area contributed by atoms with Crippen LogP contribution < -0.4 is 5.32 Å². The van der Waals surface area contributed by atoms with Crippen molar-refractivity contribution in [2.75, 3.05) is 0 Å². The summed E-state index contributed by atoms with van der Waals surface area (Å²) in [5.41, 5.74) is 0.233. The first-order valence-electron chi connectivity index (χ1n) is 3.04. The van der Waals surface area contributed by atoms with Crippen LogP contribution in [0, 0.1) is 5.92 Å². The molecule has 2 heteroatoms. The van der Waals surface area contributed by atoms with Crippen molar-refractivity contribution in [3.8, 4) is 0 Å². The van der Waals surface area contributed by atoms with E-state index in [9.17, 15) is 4.79 Å². The quantitative estimate of drug-likeness (QED) is 0.447. The number of nitrogens with one attached hydrogen (secondary N) is 1. The Kier molecular flexibility index (Phi) is 0.504. The number of hydrogen-bond acceptors (Lipinski definition) is 1. The molecule has 0 aromatic rings. The Morgan fingerprint density at radius 1 is 1.88 bits per heavy atom. The Bertz CT molecular complexity index is 155. The van der Waals surface area contributed by atoms with Gasteiger partial charge in [-0.25, -0.2) is 0 Å². The molecule has 1 amide bonds. The van der Waals surface area contributed by atoms with Crippen molar-refractivity contribution in [1.82, 2.24) is 5.32 Å². The highest BCUT2D eigenvalue weighted by molar-refractivity contribution is 5.89. The zero-order valence-electron chi connectivity index (χ0n) is 4.90. The summed E-state index contributed by atoms with van der Waals surface area (Å²) in [4.78, 5) is 10.6. The Hall–Kier alpha value is -0.530. The van der Waals surface area contributed by atoms with Crippen molar-refractivity contribution in [3.63, 3.8) is 0 Å². The zero-order chi connectivity index (χ0) is 5.78. The van der Waals surface area contributed by atoms with Crippen LogP contribution in [0.1, 0.15) is 19.8 Å². The van der Waals surface area contributed by atoms with E-state index in [1.54, 1.807) is 0 Å². The predicted octanol–water partition coefficient (Wildman–Crippen LogP) is 0.285. The highest BCUT2D eigenvalue weighted by atomic mass is 16.2. The lowest BCUT2D eigenvalue weighted by molar-refractivity contribution is -0.150. The molecule has 2 fully saturated rings. The van der Waals surface area contributed by atoms with Crippen LogP contribution in [-0.4, -0.2) is 11.4 Å². The molecular formula is C6H9NO. The van der Waals surface area contributed by atoms with Gasteiger partial charge in [0.15, 0.2) is 0 Å². The second-order valence-corrected chi connectivity index (χ2v) is 3.00. The van der Waals surface area contributed by atoms with Gasteiger partial charge in [-0.3, -0.25) is 4.79 Å². The van der Waals surface area contributed by atoms with Crippen molar-refractivity contribution in [1.29, 1.82) is 0 Å². The minimum Gasteiger partial charge on any atom is -0.350 e. The number of fused-ring (bicyclic) bond motifs is 1. The third-order valence-electron chi connectivity index (χ3n) is 2.45. The molecule has 1 heterocycles. The van der Waals surface area contributed by atoms with Gasteiger partial charge < -0.3 is 5.32 Å². The molecule has 2 atom stereocenters. The number of carbonyl (C=O) groups is 1. The van der Waals surface area contributed by atoms with Crippen LogP contribution in [0.4, 0.5) is 0 Å². The fraction of sp³-hybridized carbons (Fsp3) is 0.833. The molecule has 0 aromatic heterocycles. The van der Waals surface area contributed by atoms with E-state index in [4.69, 9.17) is 0 Å². The number of carbonyl (C=O) groups excluding carboxylic acids is 1. The summed E-state index contributed by atoms with van der Waals surface area (Å²) in [6.45, 7) is 2.11. The second kappa shape index (κ2) is 0.925. The Labute approximate surface area is 48.3 Å². The van der Waals surface area contributed by atoms with Crippen molar-refractivity contribution in [2.24, 2.45) is 5.92 Å². The van der Waals surface area contributed by atoms with Gasteiger partial charge in [-0.15, -0.1) is 0 Å². The zero-order valence-corrected chi connectivity index (χ0v) is 4.90. The summed E-state index contributed by atoms with van der Waals surface area (Å²) >= 11 is 0. The molecule has 2 rings (SSSR count). The first-order valence-corrected chi connectivity index (χ1v) is 3.04. The van der Waals surface area contributed by atoms with Crippen molar-refractivity contribution in [3.05, 3.63) is 0 Å². The Morgan fingerprint density at radius 3 is 2.62 bits per heavy atom. The Morgan fingerprint density at radius 2 is 2.62 bits per heavy atom. The van der Waals surface area contributed by atoms with Crippen LogP contribution in [0.2, 0.25) is 0 Å². The smallest absolute Gasteiger partial charge is 0.225 e. The highest BCUT2D eigenvalue weighted by Crippen LogP contribution is 2.44. The molecule has 1 N–H and O–H groups in total. The van der Waals surface area contributed by atoms with Crippen LogP contribution in [0.25, 0.3) is 0 Å². The largest absolute Gasteiger partial charge is 0.350 e. The van der Waals surface area contributed by atoms with Gasteiger partial charge in [-0.2, -0.15) is 0 Å². The molecule has 0 aromatic carbocycles. The molecule has 2 nitrogen and oxygen atoms in total. The SMILES string of the molecule is CC12CCC1C(=O)N2. The van der Waals surface area contributed by atoms with E-state index in [1.165, 1.54) is 6.42 Å². The predicted molar refractivity (Wildman–Crippen MR) is 29.3 cm³/mol. The lowest BCUT2D eigenvalue weighted by Crippen LogP contribution is -2.73. The van der Waals surface area contributed by atoms with Gasteiger partial charge in [-0.1, -0.05) is 0 Å². The summed E-state index contributed by atoms with van der Waals surface area (Å²) in [6.07, 6.45) is 2.30. The topological polar surface area (TPSA) is 29.1 Å². The monoisotopic (exact) mass is 111 g/mol. The van der Waals surface area contributed by atoms with Crippen LogP contribution in [0.5, 0.6) is 0 Å². The van der Waals surface area contributed by atoms with Gasteiger partial charge in [0.2, 0.25) is 5.91 Å². The molecule has 44 valence electrons. The third-order valence-corrected chi connectivity index (χ3v) is 2.45. The van der Waals surface area contributed by atoms with E-state index < -0.39 is 0 Å². The summed E-state index contributed by atoms with van der Waals surface area (Å²) in [7, 11) is 0. The summed E-state index contributed by atoms with van der Waals surface area (Å²) in [5, 5.41) is 2.88. The van der Waals surface area contributed by atoms with Gasteiger partial charge in [0.25, 0.3) is 0 Å². The average Bonchev–Trinajstić information content (AvgIpc) is 1.64. The van der Waals surface area contributed by atoms with E-state index in [0.717, 1.165) is 6.42 Å². The van der Waals surface area contributed by atoms with E-state index in [1.807, 2.05) is 0 Å². The lowest BCUT2D eigenvalue weighted by Gasteiger charge is -2.55. The first-order chi connectivity index (χ1) is 3.72. The number of amides is 1. The Balaban J connectivity index is 2.19. The number of rotatable bonds is 0. The van der Waals surface area contributed by atoms with E-state index in [2.05, 4.69) is 12.2 Å². The van der Waals surface area contributed by atoms with Crippen molar-refractivity contribution in [2.45, 2.75) is 25.3 Å².